The minimum Gasteiger partial charge on any atom is -0.508 e. The Morgan fingerprint density at radius 2 is 1.62 bits per heavy atom. The SMILES string of the molecule is COc1c(-c2ccc(O)cc2)oc2c(OC3OC(CO)C(O)C(O)C3O)c(O)cc(O)c2c1=O. The monoisotopic (exact) mass is 478 g/mol. The smallest absolute Gasteiger partial charge is 0.239 e. The normalized spacial score (nSPS) is 24.8. The highest BCUT2D eigenvalue weighted by molar-refractivity contribution is 5.93. The molecule has 2 heterocycles. The van der Waals surface area contributed by atoms with Gasteiger partial charge in [-0.15, -0.1) is 0 Å². The molecule has 182 valence electrons. The fraction of sp³-hybridized carbons (Fsp3) is 0.318. The number of aliphatic hydroxyl groups is 4. The topological polar surface area (TPSA) is 200 Å². The lowest BCUT2D eigenvalue weighted by Gasteiger charge is -2.39. The first-order valence-electron chi connectivity index (χ1n) is 10.0. The summed E-state index contributed by atoms with van der Waals surface area (Å²) in [5.41, 5.74) is -0.957. The molecule has 12 heteroatoms. The maximum Gasteiger partial charge on any atom is 0.239 e. The fourth-order valence-corrected chi connectivity index (χ4v) is 3.68. The standard InChI is InChI=1S/C22H22O12/c1-31-21-15(28)13-10(25)6-11(26)19(20(13)33-18(21)8-2-4-9(24)5-3-8)34-22-17(30)16(29)14(27)12(7-23)32-22/h2-6,12,14,16-17,22-27,29-30H,7H2,1H3. The second kappa shape index (κ2) is 9.00. The number of aliphatic hydroxyl groups excluding tert-OH is 4. The number of aromatic hydroxyl groups is 3. The van der Waals surface area contributed by atoms with Crippen molar-refractivity contribution in [1.29, 1.82) is 0 Å². The van der Waals surface area contributed by atoms with Crippen molar-refractivity contribution in [2.45, 2.75) is 30.7 Å². The van der Waals surface area contributed by atoms with E-state index in [-0.39, 0.29) is 17.3 Å². The van der Waals surface area contributed by atoms with Crippen LogP contribution in [0.3, 0.4) is 0 Å². The summed E-state index contributed by atoms with van der Waals surface area (Å²) in [5.74, 6) is -2.34. The van der Waals surface area contributed by atoms with E-state index in [0.29, 0.717) is 5.56 Å². The van der Waals surface area contributed by atoms with Gasteiger partial charge in [0.05, 0.1) is 13.7 Å². The van der Waals surface area contributed by atoms with Crippen LogP contribution < -0.4 is 14.9 Å². The van der Waals surface area contributed by atoms with Crippen molar-refractivity contribution in [2.75, 3.05) is 13.7 Å². The van der Waals surface area contributed by atoms with Crippen molar-refractivity contribution in [3.63, 3.8) is 0 Å². The van der Waals surface area contributed by atoms with Crippen molar-refractivity contribution < 1.29 is 54.4 Å². The lowest BCUT2D eigenvalue weighted by molar-refractivity contribution is -0.277. The second-order valence-corrected chi connectivity index (χ2v) is 7.60. The van der Waals surface area contributed by atoms with Gasteiger partial charge >= 0.3 is 0 Å². The molecule has 0 amide bonds. The Morgan fingerprint density at radius 1 is 0.941 bits per heavy atom. The maximum absolute atomic E-state index is 13.1. The Bertz CT molecular complexity index is 1250. The minimum absolute atomic E-state index is 0.0484. The van der Waals surface area contributed by atoms with E-state index in [9.17, 15) is 40.5 Å². The van der Waals surface area contributed by atoms with Gasteiger partial charge in [0, 0.05) is 11.6 Å². The number of phenolic OH excluding ortho intramolecular Hbond substituents is 3. The number of phenols is 3. The number of methoxy groups -OCH3 is 1. The van der Waals surface area contributed by atoms with E-state index in [1.807, 2.05) is 0 Å². The van der Waals surface area contributed by atoms with Gasteiger partial charge in [0.15, 0.2) is 17.1 Å². The lowest BCUT2D eigenvalue weighted by Crippen LogP contribution is -2.60. The lowest BCUT2D eigenvalue weighted by atomic mass is 9.99. The molecule has 0 aliphatic carbocycles. The number of rotatable bonds is 5. The Morgan fingerprint density at radius 3 is 2.24 bits per heavy atom. The van der Waals surface area contributed by atoms with Crippen LogP contribution in [-0.4, -0.2) is 80.2 Å². The zero-order valence-electron chi connectivity index (χ0n) is 17.7. The molecule has 5 unspecified atom stereocenters. The summed E-state index contributed by atoms with van der Waals surface area (Å²) in [6.45, 7) is -0.718. The third kappa shape index (κ3) is 3.87. The summed E-state index contributed by atoms with van der Waals surface area (Å²) in [6.07, 6.45) is -8.23. The molecule has 5 atom stereocenters. The van der Waals surface area contributed by atoms with Gasteiger partial charge in [-0.2, -0.15) is 0 Å². The van der Waals surface area contributed by atoms with Crippen molar-refractivity contribution in [3.05, 3.63) is 40.6 Å². The molecule has 3 aromatic rings. The minimum atomic E-state index is -1.82. The molecule has 4 rings (SSSR count). The zero-order chi connectivity index (χ0) is 24.7. The third-order valence-corrected chi connectivity index (χ3v) is 5.46. The van der Waals surface area contributed by atoms with Crippen molar-refractivity contribution >= 4 is 11.0 Å². The van der Waals surface area contributed by atoms with Gasteiger partial charge in [0.25, 0.3) is 0 Å². The molecule has 7 N–H and O–H groups in total. The number of ether oxygens (including phenoxy) is 3. The van der Waals surface area contributed by atoms with Crippen LogP contribution in [0.25, 0.3) is 22.3 Å². The van der Waals surface area contributed by atoms with Crippen LogP contribution in [0.1, 0.15) is 0 Å². The van der Waals surface area contributed by atoms with E-state index >= 15 is 0 Å². The molecule has 1 aliphatic rings. The summed E-state index contributed by atoms with van der Waals surface area (Å²) in [7, 11) is 1.21. The molecule has 1 aliphatic heterocycles. The van der Waals surface area contributed by atoms with Gasteiger partial charge in [-0.25, -0.2) is 0 Å². The highest BCUT2D eigenvalue weighted by atomic mass is 16.7. The summed E-state index contributed by atoms with van der Waals surface area (Å²) in [6, 6.07) is 6.35. The molecule has 0 bridgehead atoms. The van der Waals surface area contributed by atoms with Crippen LogP contribution in [-0.2, 0) is 4.74 Å². The van der Waals surface area contributed by atoms with Gasteiger partial charge in [-0.3, -0.25) is 4.79 Å². The largest absolute Gasteiger partial charge is 0.508 e. The Kier molecular flexibility index (Phi) is 6.25. The number of fused-ring (bicyclic) bond motifs is 1. The molecule has 1 aromatic heterocycles. The quantitative estimate of drug-likeness (QED) is 0.254. The predicted molar refractivity (Wildman–Crippen MR) is 114 cm³/mol. The average molecular weight is 478 g/mol. The second-order valence-electron chi connectivity index (χ2n) is 7.60. The average Bonchev–Trinajstić information content (AvgIpc) is 2.81. The highest BCUT2D eigenvalue weighted by Gasteiger charge is 2.45. The molecular weight excluding hydrogens is 456 g/mol. The van der Waals surface area contributed by atoms with Crippen molar-refractivity contribution in [1.82, 2.24) is 0 Å². The molecule has 0 radical (unpaired) electrons. The number of hydrogen-bond acceptors (Lipinski definition) is 12. The van der Waals surface area contributed by atoms with Crippen LogP contribution in [0.2, 0.25) is 0 Å². The van der Waals surface area contributed by atoms with E-state index in [0.717, 1.165) is 6.07 Å². The van der Waals surface area contributed by atoms with E-state index < -0.39 is 71.0 Å². The first kappa shape index (κ1) is 23.6. The van der Waals surface area contributed by atoms with Crippen LogP contribution in [0, 0.1) is 0 Å². The van der Waals surface area contributed by atoms with Gasteiger partial charge in [0.1, 0.15) is 41.3 Å². The Hall–Kier alpha value is -3.55. The van der Waals surface area contributed by atoms with Crippen LogP contribution in [0.5, 0.6) is 28.7 Å². The first-order valence-corrected chi connectivity index (χ1v) is 10.0. The van der Waals surface area contributed by atoms with Crippen LogP contribution >= 0.6 is 0 Å². The van der Waals surface area contributed by atoms with Crippen LogP contribution in [0.15, 0.2) is 39.5 Å². The fourth-order valence-electron chi connectivity index (χ4n) is 3.68. The van der Waals surface area contributed by atoms with Crippen molar-refractivity contribution in [2.24, 2.45) is 0 Å². The molecule has 1 fully saturated rings. The summed E-state index contributed by atoms with van der Waals surface area (Å²) in [4.78, 5) is 13.1. The van der Waals surface area contributed by atoms with Gasteiger partial charge in [0.2, 0.25) is 23.2 Å². The zero-order valence-corrected chi connectivity index (χ0v) is 17.7. The highest BCUT2D eigenvalue weighted by Crippen LogP contribution is 2.44. The Labute approximate surface area is 191 Å². The van der Waals surface area contributed by atoms with E-state index in [1.54, 1.807) is 0 Å². The van der Waals surface area contributed by atoms with E-state index in [4.69, 9.17) is 18.6 Å². The molecule has 1 saturated heterocycles. The number of benzene rings is 2. The van der Waals surface area contributed by atoms with E-state index in [1.165, 1.54) is 31.4 Å². The molecule has 2 aromatic carbocycles. The third-order valence-electron chi connectivity index (χ3n) is 5.46. The summed E-state index contributed by atoms with van der Waals surface area (Å²) in [5, 5.41) is 69.6. The van der Waals surface area contributed by atoms with Gasteiger partial charge in [-0.05, 0) is 24.3 Å². The molecule has 12 nitrogen and oxygen atoms in total. The molecule has 0 spiro atoms. The van der Waals surface area contributed by atoms with Crippen molar-refractivity contribution in [3.8, 4) is 40.1 Å². The summed E-state index contributed by atoms with van der Waals surface area (Å²) < 4.78 is 21.8. The van der Waals surface area contributed by atoms with E-state index in [2.05, 4.69) is 0 Å². The Balaban J connectivity index is 1.90. The number of hydrogen-bond donors (Lipinski definition) is 7. The molecule has 34 heavy (non-hydrogen) atoms. The maximum atomic E-state index is 13.1. The predicted octanol–water partition coefficient (Wildman–Crippen LogP) is -0.236. The van der Waals surface area contributed by atoms with Gasteiger partial charge in [-0.1, -0.05) is 0 Å². The van der Waals surface area contributed by atoms with Gasteiger partial charge < -0.3 is 54.4 Å². The molecular formula is C22H22O12. The van der Waals surface area contributed by atoms with Crippen LogP contribution in [0.4, 0.5) is 0 Å². The summed E-state index contributed by atoms with van der Waals surface area (Å²) >= 11 is 0. The first-order chi connectivity index (χ1) is 16.2. The molecule has 0 saturated carbocycles.